The molecule has 0 atom stereocenters. The second kappa shape index (κ2) is 6.99. The third-order valence-corrected chi connectivity index (χ3v) is 5.39. The number of nitrogens with zero attached hydrogens (tertiary/aromatic N) is 2. The smallest absolute Gasteiger partial charge is 0.375 e. The number of hydrogen-bond acceptors (Lipinski definition) is 3. The number of aromatic amines is 1. The SMILES string of the molecule is O=C(c1n[nH]c2c1CCOC2)N1CCC(c2ccccc2C(F)(F)F)CC1. The molecule has 1 amide bonds. The highest BCUT2D eigenvalue weighted by atomic mass is 19.4. The molecular formula is C19H20F3N3O2. The van der Waals surface area contributed by atoms with E-state index in [0.717, 1.165) is 17.3 Å². The van der Waals surface area contributed by atoms with E-state index in [9.17, 15) is 18.0 Å². The van der Waals surface area contributed by atoms with E-state index >= 15 is 0 Å². The Morgan fingerprint density at radius 3 is 2.70 bits per heavy atom. The Bertz CT molecular complexity index is 839. The van der Waals surface area contributed by atoms with Crippen molar-refractivity contribution >= 4 is 5.91 Å². The summed E-state index contributed by atoms with van der Waals surface area (Å²) in [6.07, 6.45) is -2.70. The monoisotopic (exact) mass is 379 g/mol. The fraction of sp³-hybridized carbons (Fsp3) is 0.474. The van der Waals surface area contributed by atoms with Gasteiger partial charge in [0, 0.05) is 25.1 Å². The van der Waals surface area contributed by atoms with Crippen molar-refractivity contribution in [3.63, 3.8) is 0 Å². The van der Waals surface area contributed by atoms with E-state index in [1.165, 1.54) is 6.07 Å². The van der Waals surface area contributed by atoms with Crippen molar-refractivity contribution in [3.05, 3.63) is 52.3 Å². The summed E-state index contributed by atoms with van der Waals surface area (Å²) in [6.45, 7) is 1.83. The number of halogens is 3. The summed E-state index contributed by atoms with van der Waals surface area (Å²) in [4.78, 5) is 14.5. The van der Waals surface area contributed by atoms with Gasteiger partial charge in [0.2, 0.25) is 0 Å². The Hall–Kier alpha value is -2.35. The van der Waals surface area contributed by atoms with Gasteiger partial charge in [0.25, 0.3) is 5.91 Å². The fourth-order valence-corrected chi connectivity index (χ4v) is 3.97. The number of rotatable bonds is 2. The minimum absolute atomic E-state index is 0.156. The normalized spacial score (nSPS) is 18.4. The summed E-state index contributed by atoms with van der Waals surface area (Å²) in [5.74, 6) is -0.356. The number of ether oxygens (including phenoxy) is 1. The lowest BCUT2D eigenvalue weighted by Gasteiger charge is -2.33. The minimum Gasteiger partial charge on any atom is -0.375 e. The number of piperidine rings is 1. The first-order chi connectivity index (χ1) is 12.9. The zero-order valence-corrected chi connectivity index (χ0v) is 14.7. The third-order valence-electron chi connectivity index (χ3n) is 5.39. The van der Waals surface area contributed by atoms with Crippen LogP contribution in [0.15, 0.2) is 24.3 Å². The predicted octanol–water partition coefficient (Wildman–Crippen LogP) is 3.52. The fourth-order valence-electron chi connectivity index (χ4n) is 3.97. The molecule has 0 radical (unpaired) electrons. The Labute approximate surface area is 154 Å². The van der Waals surface area contributed by atoms with Crippen molar-refractivity contribution in [1.29, 1.82) is 0 Å². The number of carbonyl (C=O) groups is 1. The summed E-state index contributed by atoms with van der Waals surface area (Å²) in [6, 6.07) is 5.73. The number of fused-ring (bicyclic) bond motifs is 1. The molecule has 4 rings (SSSR count). The van der Waals surface area contributed by atoms with E-state index in [1.807, 2.05) is 0 Å². The Balaban J connectivity index is 1.47. The molecular weight excluding hydrogens is 359 g/mol. The lowest BCUT2D eigenvalue weighted by Crippen LogP contribution is -2.39. The molecule has 27 heavy (non-hydrogen) atoms. The number of H-pyrrole nitrogens is 1. The van der Waals surface area contributed by atoms with Crippen molar-refractivity contribution in [2.45, 2.75) is 38.0 Å². The van der Waals surface area contributed by atoms with Gasteiger partial charge in [0.15, 0.2) is 5.69 Å². The maximum atomic E-state index is 13.3. The highest BCUT2D eigenvalue weighted by molar-refractivity contribution is 5.94. The molecule has 1 saturated heterocycles. The highest BCUT2D eigenvalue weighted by Gasteiger charge is 2.36. The number of amides is 1. The summed E-state index contributed by atoms with van der Waals surface area (Å²) in [5, 5.41) is 7.01. The first-order valence-electron chi connectivity index (χ1n) is 9.04. The van der Waals surface area contributed by atoms with E-state index in [-0.39, 0.29) is 11.8 Å². The van der Waals surface area contributed by atoms with Crippen LogP contribution in [0, 0.1) is 0 Å². The molecule has 0 spiro atoms. The van der Waals surface area contributed by atoms with Gasteiger partial charge < -0.3 is 9.64 Å². The first kappa shape index (κ1) is 18.0. The van der Waals surface area contributed by atoms with E-state index in [2.05, 4.69) is 10.2 Å². The summed E-state index contributed by atoms with van der Waals surface area (Å²) in [5.41, 5.74) is 1.90. The average molecular weight is 379 g/mol. The van der Waals surface area contributed by atoms with E-state index in [0.29, 0.717) is 56.8 Å². The molecule has 2 aliphatic heterocycles. The molecule has 2 aliphatic rings. The number of aromatic nitrogens is 2. The van der Waals surface area contributed by atoms with Gasteiger partial charge in [-0.25, -0.2) is 0 Å². The van der Waals surface area contributed by atoms with Gasteiger partial charge in [-0.05, 0) is 30.4 Å². The van der Waals surface area contributed by atoms with E-state index in [1.54, 1.807) is 17.0 Å². The standard InChI is InChI=1S/C19H20F3N3O2/c20-19(21,22)15-4-2-1-3-13(15)12-5-8-25(9-6-12)18(26)17-14-7-10-27-11-16(14)23-24-17/h1-4,12H,5-11H2,(H,23,24). The molecule has 1 N–H and O–H groups in total. The lowest BCUT2D eigenvalue weighted by atomic mass is 9.86. The van der Waals surface area contributed by atoms with Crippen molar-refractivity contribution in [2.24, 2.45) is 0 Å². The molecule has 0 aliphatic carbocycles. The quantitative estimate of drug-likeness (QED) is 0.869. The second-order valence-corrected chi connectivity index (χ2v) is 6.98. The molecule has 0 unspecified atom stereocenters. The summed E-state index contributed by atoms with van der Waals surface area (Å²) < 4.78 is 45.2. The Morgan fingerprint density at radius 2 is 1.96 bits per heavy atom. The van der Waals surface area contributed by atoms with Crippen LogP contribution in [-0.4, -0.2) is 40.7 Å². The molecule has 0 saturated carbocycles. The summed E-state index contributed by atoms with van der Waals surface area (Å²) >= 11 is 0. The van der Waals surface area contributed by atoms with Crippen molar-refractivity contribution < 1.29 is 22.7 Å². The maximum Gasteiger partial charge on any atom is 0.416 e. The summed E-state index contributed by atoms with van der Waals surface area (Å²) in [7, 11) is 0. The van der Waals surface area contributed by atoms with Crippen LogP contribution in [0.2, 0.25) is 0 Å². The van der Waals surface area contributed by atoms with Gasteiger partial charge in [0.1, 0.15) is 0 Å². The molecule has 5 nitrogen and oxygen atoms in total. The number of hydrogen-bond donors (Lipinski definition) is 1. The zero-order chi connectivity index (χ0) is 19.0. The molecule has 2 aromatic rings. The van der Waals surface area contributed by atoms with Crippen molar-refractivity contribution in [2.75, 3.05) is 19.7 Å². The zero-order valence-electron chi connectivity index (χ0n) is 14.7. The van der Waals surface area contributed by atoms with Crippen LogP contribution in [0.25, 0.3) is 0 Å². The van der Waals surface area contributed by atoms with E-state index in [4.69, 9.17) is 4.74 Å². The van der Waals surface area contributed by atoms with Gasteiger partial charge in [-0.15, -0.1) is 0 Å². The average Bonchev–Trinajstić information content (AvgIpc) is 3.11. The number of likely N-dealkylation sites (tertiary alicyclic amines) is 1. The third kappa shape index (κ3) is 3.45. The van der Waals surface area contributed by atoms with Gasteiger partial charge in [0.05, 0.1) is 24.5 Å². The minimum atomic E-state index is -4.36. The molecule has 1 fully saturated rings. The van der Waals surface area contributed by atoms with Gasteiger partial charge in [-0.2, -0.15) is 18.3 Å². The molecule has 1 aromatic carbocycles. The Morgan fingerprint density at radius 1 is 1.22 bits per heavy atom. The molecule has 0 bridgehead atoms. The first-order valence-corrected chi connectivity index (χ1v) is 9.04. The number of alkyl halides is 3. The van der Waals surface area contributed by atoms with Crippen LogP contribution >= 0.6 is 0 Å². The maximum absolute atomic E-state index is 13.3. The van der Waals surface area contributed by atoms with Crippen LogP contribution in [-0.2, 0) is 23.9 Å². The largest absolute Gasteiger partial charge is 0.416 e. The van der Waals surface area contributed by atoms with Crippen LogP contribution in [0.1, 0.15) is 51.6 Å². The molecule has 144 valence electrons. The van der Waals surface area contributed by atoms with Gasteiger partial charge >= 0.3 is 6.18 Å². The van der Waals surface area contributed by atoms with Crippen LogP contribution in [0.5, 0.6) is 0 Å². The van der Waals surface area contributed by atoms with Crippen molar-refractivity contribution in [1.82, 2.24) is 15.1 Å². The van der Waals surface area contributed by atoms with Crippen LogP contribution in [0.4, 0.5) is 13.2 Å². The highest BCUT2D eigenvalue weighted by Crippen LogP contribution is 2.38. The molecule has 8 heteroatoms. The number of benzene rings is 1. The topological polar surface area (TPSA) is 58.2 Å². The molecule has 3 heterocycles. The van der Waals surface area contributed by atoms with Gasteiger partial charge in [-0.1, -0.05) is 18.2 Å². The van der Waals surface area contributed by atoms with Gasteiger partial charge in [-0.3, -0.25) is 9.89 Å². The number of nitrogens with one attached hydrogen (secondary N) is 1. The Kier molecular flexibility index (Phi) is 4.67. The van der Waals surface area contributed by atoms with Crippen LogP contribution < -0.4 is 0 Å². The second-order valence-electron chi connectivity index (χ2n) is 6.98. The molecule has 1 aromatic heterocycles. The van der Waals surface area contributed by atoms with Crippen molar-refractivity contribution in [3.8, 4) is 0 Å². The predicted molar refractivity (Wildman–Crippen MR) is 91.3 cm³/mol. The number of carbonyl (C=O) groups excluding carboxylic acids is 1. The van der Waals surface area contributed by atoms with E-state index < -0.39 is 11.7 Å². The van der Waals surface area contributed by atoms with Crippen LogP contribution in [0.3, 0.4) is 0 Å². The lowest BCUT2D eigenvalue weighted by molar-refractivity contribution is -0.138.